The zero-order valence-corrected chi connectivity index (χ0v) is 20.6. The van der Waals surface area contributed by atoms with E-state index in [1.54, 1.807) is 20.4 Å². The second-order valence-electron chi connectivity index (χ2n) is 8.12. The number of carboxylic acids is 1. The number of thiophene rings is 2. The number of carbonyl (C=O) groups is 2. The molecule has 1 aromatic carbocycles. The largest absolute Gasteiger partial charge is 0.494 e. The summed E-state index contributed by atoms with van der Waals surface area (Å²) in [6, 6.07) is 11.4. The summed E-state index contributed by atoms with van der Waals surface area (Å²) in [6.45, 7) is 0.157. The van der Waals surface area contributed by atoms with Gasteiger partial charge in [0.15, 0.2) is 5.75 Å². The van der Waals surface area contributed by atoms with E-state index in [1.807, 2.05) is 36.4 Å². The smallest absolute Gasteiger partial charge is 0.413 e. The predicted molar refractivity (Wildman–Crippen MR) is 134 cm³/mol. The zero-order valence-electron chi connectivity index (χ0n) is 19.0. The first-order valence-electron chi connectivity index (χ1n) is 10.8. The molecule has 4 aromatic rings. The Balaban J connectivity index is 1.34. The van der Waals surface area contributed by atoms with Crippen LogP contribution in [0, 0.1) is 11.8 Å². The number of hydrogen-bond donors (Lipinski definition) is 2. The van der Waals surface area contributed by atoms with Crippen LogP contribution in [0.3, 0.4) is 0 Å². The molecule has 1 fully saturated rings. The molecule has 3 aromatic heterocycles. The highest BCUT2D eigenvalue weighted by atomic mass is 32.1. The maximum atomic E-state index is 12.3. The van der Waals surface area contributed by atoms with Gasteiger partial charge < -0.3 is 14.6 Å². The number of carbonyl (C=O) groups excluding carboxylic acids is 1. The van der Waals surface area contributed by atoms with Crippen LogP contribution in [-0.2, 0) is 28.6 Å². The highest BCUT2D eigenvalue weighted by Crippen LogP contribution is 2.57. The van der Waals surface area contributed by atoms with Crippen molar-refractivity contribution in [2.75, 3.05) is 12.4 Å². The number of ether oxygens (including phenoxy) is 2. The van der Waals surface area contributed by atoms with E-state index in [0.29, 0.717) is 30.0 Å². The van der Waals surface area contributed by atoms with Crippen LogP contribution in [0.25, 0.3) is 9.40 Å². The lowest BCUT2D eigenvalue weighted by Crippen LogP contribution is -2.18. The normalized spacial score (nSPS) is 13.7. The minimum absolute atomic E-state index is 0.157. The fourth-order valence-corrected chi connectivity index (χ4v) is 6.43. The average Bonchev–Trinajstić information content (AvgIpc) is 3.32. The second kappa shape index (κ2) is 9.09. The van der Waals surface area contributed by atoms with Gasteiger partial charge in [0.05, 0.1) is 38.0 Å². The van der Waals surface area contributed by atoms with Crippen molar-refractivity contribution in [1.29, 1.82) is 0 Å². The van der Waals surface area contributed by atoms with Crippen molar-refractivity contribution >= 4 is 50.0 Å². The van der Waals surface area contributed by atoms with E-state index in [9.17, 15) is 14.7 Å². The number of fused-ring (bicyclic) bond motifs is 1. The summed E-state index contributed by atoms with van der Waals surface area (Å²) in [6.07, 6.45) is 2.24. The van der Waals surface area contributed by atoms with E-state index in [-0.39, 0.29) is 6.61 Å². The number of aliphatic carboxylic acids is 1. The summed E-state index contributed by atoms with van der Waals surface area (Å²) in [7, 11) is 3.28. The Labute approximate surface area is 209 Å². The summed E-state index contributed by atoms with van der Waals surface area (Å²) in [5, 5.41) is 16.6. The molecular weight excluding hydrogens is 486 g/mol. The lowest BCUT2D eigenvalue weighted by Gasteiger charge is -2.09. The predicted octanol–water partition coefficient (Wildman–Crippen LogP) is 4.97. The number of rotatable bonds is 6. The van der Waals surface area contributed by atoms with Crippen LogP contribution in [0.15, 0.2) is 42.6 Å². The number of methoxy groups -OCH3 is 1. The zero-order chi connectivity index (χ0) is 24.6. The standard InChI is InChI=1S/C25H21N3O5S2/c1-28-22(27-24(31)33-14-15-6-4-3-5-7-15)16(13-26-28)8-9-17-12-18-20(34-17)19(32-2)21(35-18)25(10-11-25)23(29)30/h3-7,12-13H,10-11,14H2,1-2H3,(H,27,31)(H,29,30). The molecule has 0 unspecified atom stereocenters. The molecule has 0 spiro atoms. The maximum absolute atomic E-state index is 12.3. The number of amides is 1. The van der Waals surface area contributed by atoms with Gasteiger partial charge in [0, 0.05) is 7.05 Å². The molecule has 35 heavy (non-hydrogen) atoms. The molecule has 0 radical (unpaired) electrons. The fourth-order valence-electron chi connectivity index (χ4n) is 3.75. The highest BCUT2D eigenvalue weighted by Gasteiger charge is 2.55. The Morgan fingerprint density at radius 3 is 2.69 bits per heavy atom. The number of aryl methyl sites for hydroxylation is 1. The topological polar surface area (TPSA) is 103 Å². The van der Waals surface area contributed by atoms with Crippen molar-refractivity contribution in [3.05, 3.63) is 63.5 Å². The first kappa shape index (κ1) is 23.0. The van der Waals surface area contributed by atoms with Gasteiger partial charge in [-0.1, -0.05) is 42.2 Å². The molecule has 1 aliphatic rings. The van der Waals surface area contributed by atoms with Crippen LogP contribution in [0.2, 0.25) is 0 Å². The maximum Gasteiger partial charge on any atom is 0.413 e. The molecule has 178 valence electrons. The Morgan fingerprint density at radius 2 is 2.00 bits per heavy atom. The van der Waals surface area contributed by atoms with Gasteiger partial charge in [-0.15, -0.1) is 22.7 Å². The minimum Gasteiger partial charge on any atom is -0.494 e. The quantitative estimate of drug-likeness (QED) is 0.357. The SMILES string of the molecule is COc1c(C2(C(=O)O)CC2)sc2cc(C#Cc3cnn(C)c3NC(=O)OCc3ccccc3)sc12. The molecule has 10 heteroatoms. The van der Waals surface area contributed by atoms with Gasteiger partial charge in [-0.25, -0.2) is 4.79 Å². The molecule has 5 rings (SSSR count). The third-order valence-corrected chi connectivity index (χ3v) is 8.31. The van der Waals surface area contributed by atoms with Crippen LogP contribution >= 0.6 is 22.7 Å². The lowest BCUT2D eigenvalue weighted by molar-refractivity contribution is -0.139. The molecule has 3 heterocycles. The van der Waals surface area contributed by atoms with E-state index >= 15 is 0 Å². The van der Waals surface area contributed by atoms with Crippen LogP contribution in [0.4, 0.5) is 10.6 Å². The molecule has 1 aliphatic carbocycles. The first-order chi connectivity index (χ1) is 16.9. The van der Waals surface area contributed by atoms with Gasteiger partial charge in [0.25, 0.3) is 0 Å². The third kappa shape index (κ3) is 4.36. The van der Waals surface area contributed by atoms with Gasteiger partial charge in [-0.3, -0.25) is 14.8 Å². The summed E-state index contributed by atoms with van der Waals surface area (Å²) in [5.41, 5.74) is 0.627. The van der Waals surface area contributed by atoms with Crippen LogP contribution in [-0.4, -0.2) is 34.1 Å². The molecule has 1 amide bonds. The van der Waals surface area contributed by atoms with E-state index < -0.39 is 17.5 Å². The molecule has 0 atom stereocenters. The Kier molecular flexibility index (Phi) is 5.96. The van der Waals surface area contributed by atoms with Crippen molar-refractivity contribution in [3.63, 3.8) is 0 Å². The Morgan fingerprint density at radius 1 is 1.23 bits per heavy atom. The molecule has 0 bridgehead atoms. The van der Waals surface area contributed by atoms with Gasteiger partial charge in [0.1, 0.15) is 17.8 Å². The number of nitrogens with one attached hydrogen (secondary N) is 1. The van der Waals surface area contributed by atoms with Crippen LogP contribution < -0.4 is 10.1 Å². The molecule has 0 aliphatic heterocycles. The second-order valence-corrected chi connectivity index (χ2v) is 10.2. The van der Waals surface area contributed by atoms with E-state index in [0.717, 1.165) is 24.7 Å². The number of hydrogen-bond acceptors (Lipinski definition) is 7. The van der Waals surface area contributed by atoms with E-state index in [1.165, 1.54) is 27.4 Å². The monoisotopic (exact) mass is 507 g/mol. The third-order valence-electron chi connectivity index (χ3n) is 5.81. The Hall–Kier alpha value is -3.81. The van der Waals surface area contributed by atoms with Crippen molar-refractivity contribution < 1.29 is 24.2 Å². The minimum atomic E-state index is -0.814. The van der Waals surface area contributed by atoms with Crippen molar-refractivity contribution in [2.45, 2.75) is 24.9 Å². The average molecular weight is 508 g/mol. The van der Waals surface area contributed by atoms with Gasteiger partial charge in [0.2, 0.25) is 0 Å². The lowest BCUT2D eigenvalue weighted by atomic mass is 10.1. The summed E-state index contributed by atoms with van der Waals surface area (Å²) < 4.78 is 14.3. The van der Waals surface area contributed by atoms with E-state index in [4.69, 9.17) is 9.47 Å². The molecule has 0 saturated heterocycles. The van der Waals surface area contributed by atoms with Crippen LogP contribution in [0.1, 0.15) is 33.7 Å². The summed E-state index contributed by atoms with van der Waals surface area (Å²) in [4.78, 5) is 25.7. The molecule has 1 saturated carbocycles. The first-order valence-corrected chi connectivity index (χ1v) is 12.4. The summed E-state index contributed by atoms with van der Waals surface area (Å²) >= 11 is 2.91. The van der Waals surface area contributed by atoms with Gasteiger partial charge >= 0.3 is 12.1 Å². The molecule has 8 nitrogen and oxygen atoms in total. The van der Waals surface area contributed by atoms with Gasteiger partial charge in [-0.2, -0.15) is 5.10 Å². The Bertz CT molecular complexity index is 1490. The molecular formula is C25H21N3O5S2. The van der Waals surface area contributed by atoms with Gasteiger partial charge in [-0.05, 0) is 24.5 Å². The number of carboxylic acid groups (broad SMARTS) is 1. The van der Waals surface area contributed by atoms with E-state index in [2.05, 4.69) is 22.3 Å². The van der Waals surface area contributed by atoms with Crippen LogP contribution in [0.5, 0.6) is 5.75 Å². The van der Waals surface area contributed by atoms with Crippen molar-refractivity contribution in [1.82, 2.24) is 9.78 Å². The van der Waals surface area contributed by atoms with Crippen molar-refractivity contribution in [2.24, 2.45) is 7.05 Å². The van der Waals surface area contributed by atoms with Crippen molar-refractivity contribution in [3.8, 4) is 17.6 Å². The highest BCUT2D eigenvalue weighted by molar-refractivity contribution is 7.28. The fraction of sp³-hybridized carbons (Fsp3) is 0.240. The number of anilines is 1. The number of nitrogens with zero attached hydrogens (tertiary/aromatic N) is 2. The molecule has 2 N–H and O–H groups in total. The number of benzene rings is 1. The summed E-state index contributed by atoms with van der Waals surface area (Å²) in [5.74, 6) is 6.46. The number of aromatic nitrogens is 2.